The second-order valence-corrected chi connectivity index (χ2v) is 7.07. The number of likely N-dealkylation sites (tertiary alicyclic amines) is 1. The highest BCUT2D eigenvalue weighted by Crippen LogP contribution is 2.30. The number of methoxy groups -OCH3 is 1. The fraction of sp³-hybridized carbons (Fsp3) is 0.471. The van der Waals surface area contributed by atoms with Crippen molar-refractivity contribution in [1.82, 2.24) is 15.1 Å². The van der Waals surface area contributed by atoms with Gasteiger partial charge in [-0.3, -0.25) is 4.79 Å². The van der Waals surface area contributed by atoms with Crippen LogP contribution in [0, 0.1) is 12.8 Å². The molecule has 6 heteroatoms. The smallest absolute Gasteiger partial charge is 0.223 e. The number of carbonyl (C=O) groups is 1. The van der Waals surface area contributed by atoms with Gasteiger partial charge in [0.15, 0.2) is 0 Å². The molecule has 3 rings (SSSR count). The number of carbonyl (C=O) groups excluding carboxylic acids is 1. The van der Waals surface area contributed by atoms with E-state index in [2.05, 4.69) is 22.3 Å². The Morgan fingerprint density at radius 2 is 2.17 bits per heavy atom. The van der Waals surface area contributed by atoms with Crippen LogP contribution in [0.3, 0.4) is 0 Å². The van der Waals surface area contributed by atoms with E-state index in [4.69, 9.17) is 4.74 Å². The van der Waals surface area contributed by atoms with Crippen molar-refractivity contribution in [2.24, 2.45) is 5.92 Å². The van der Waals surface area contributed by atoms with Gasteiger partial charge in [-0.25, -0.2) is 0 Å². The van der Waals surface area contributed by atoms with Crippen molar-refractivity contribution in [3.8, 4) is 10.6 Å². The Morgan fingerprint density at radius 1 is 1.35 bits per heavy atom. The maximum Gasteiger partial charge on any atom is 0.223 e. The molecule has 1 saturated heterocycles. The molecule has 1 fully saturated rings. The first-order chi connectivity index (χ1) is 11.2. The summed E-state index contributed by atoms with van der Waals surface area (Å²) in [6.45, 7) is 4.06. The number of nitrogens with zero attached hydrogens (tertiary/aromatic N) is 3. The van der Waals surface area contributed by atoms with Crippen molar-refractivity contribution in [1.29, 1.82) is 0 Å². The van der Waals surface area contributed by atoms with Crippen LogP contribution < -0.4 is 0 Å². The van der Waals surface area contributed by atoms with E-state index in [1.807, 2.05) is 24.0 Å². The van der Waals surface area contributed by atoms with Crippen LogP contribution in [0.2, 0.25) is 0 Å². The van der Waals surface area contributed by atoms with Crippen molar-refractivity contribution >= 4 is 17.2 Å². The largest absolute Gasteiger partial charge is 0.383 e. The second-order valence-electron chi connectivity index (χ2n) is 5.89. The normalized spacial score (nSPS) is 17.9. The summed E-state index contributed by atoms with van der Waals surface area (Å²) in [4.78, 5) is 14.0. The Hall–Kier alpha value is -1.79. The highest BCUT2D eigenvalue weighted by Gasteiger charge is 2.29. The Labute approximate surface area is 140 Å². The lowest BCUT2D eigenvalue weighted by atomic mass is 9.95. The first-order valence-electron chi connectivity index (χ1n) is 7.82. The molecule has 1 aliphatic rings. The van der Waals surface area contributed by atoms with Crippen LogP contribution in [0.15, 0.2) is 24.3 Å². The summed E-state index contributed by atoms with van der Waals surface area (Å²) in [5, 5.41) is 10.3. The van der Waals surface area contributed by atoms with Gasteiger partial charge in [0, 0.05) is 32.2 Å². The van der Waals surface area contributed by atoms with Crippen molar-refractivity contribution in [2.45, 2.75) is 19.8 Å². The maximum atomic E-state index is 12.1. The van der Waals surface area contributed by atoms with Crippen molar-refractivity contribution < 1.29 is 9.53 Å². The molecule has 0 N–H and O–H groups in total. The third kappa shape index (κ3) is 3.76. The summed E-state index contributed by atoms with van der Waals surface area (Å²) in [6, 6.07) is 8.30. The highest BCUT2D eigenvalue weighted by atomic mass is 32.1. The average Bonchev–Trinajstić information content (AvgIpc) is 3.12. The second kappa shape index (κ2) is 7.19. The Balaban J connectivity index is 1.73. The van der Waals surface area contributed by atoms with Crippen LogP contribution in [-0.2, 0) is 16.0 Å². The Morgan fingerprint density at radius 3 is 2.91 bits per heavy atom. The van der Waals surface area contributed by atoms with Crippen molar-refractivity contribution in [3.05, 3.63) is 34.8 Å². The lowest BCUT2D eigenvalue weighted by Gasteiger charge is -2.16. The number of amides is 1. The van der Waals surface area contributed by atoms with Crippen LogP contribution in [-0.4, -0.2) is 47.8 Å². The molecule has 0 unspecified atom stereocenters. The predicted octanol–water partition coefficient (Wildman–Crippen LogP) is 2.55. The summed E-state index contributed by atoms with van der Waals surface area (Å²) in [7, 11) is 1.67. The number of aromatic nitrogens is 2. The van der Waals surface area contributed by atoms with Gasteiger partial charge in [-0.2, -0.15) is 0 Å². The minimum atomic E-state index is 0.233. The molecule has 1 aliphatic heterocycles. The third-order valence-corrected chi connectivity index (χ3v) is 5.01. The molecule has 1 atom stereocenters. The summed E-state index contributed by atoms with van der Waals surface area (Å²) in [5.41, 5.74) is 2.39. The SMILES string of the molecule is COCCN1C[C@H](Cc2ccccc2-c2nnc(C)s2)CC1=O. The van der Waals surface area contributed by atoms with E-state index in [1.54, 1.807) is 18.4 Å². The number of aryl methyl sites for hydroxylation is 1. The van der Waals surface area contributed by atoms with Gasteiger partial charge in [0.25, 0.3) is 0 Å². The topological polar surface area (TPSA) is 55.3 Å². The Bertz CT molecular complexity index is 686. The molecule has 1 aromatic carbocycles. The zero-order valence-electron chi connectivity index (χ0n) is 13.5. The first kappa shape index (κ1) is 16.1. The van der Waals surface area contributed by atoms with Gasteiger partial charge in [0.2, 0.25) is 5.91 Å². The number of ether oxygens (including phenoxy) is 1. The fourth-order valence-corrected chi connectivity index (χ4v) is 3.78. The molecule has 2 aromatic rings. The average molecular weight is 331 g/mol. The molecule has 0 saturated carbocycles. The molecule has 2 heterocycles. The molecule has 1 amide bonds. The van der Waals surface area contributed by atoms with E-state index in [0.29, 0.717) is 25.5 Å². The van der Waals surface area contributed by atoms with E-state index in [9.17, 15) is 4.79 Å². The quantitative estimate of drug-likeness (QED) is 0.816. The van der Waals surface area contributed by atoms with Gasteiger partial charge in [-0.05, 0) is 24.8 Å². The summed E-state index contributed by atoms with van der Waals surface area (Å²) in [5.74, 6) is 0.589. The first-order valence-corrected chi connectivity index (χ1v) is 8.64. The fourth-order valence-electron chi connectivity index (χ4n) is 3.03. The van der Waals surface area contributed by atoms with E-state index in [0.717, 1.165) is 28.5 Å². The number of hydrogen-bond acceptors (Lipinski definition) is 5. The lowest BCUT2D eigenvalue weighted by molar-refractivity contribution is -0.128. The Kier molecular flexibility index (Phi) is 5.03. The van der Waals surface area contributed by atoms with Crippen LogP contribution in [0.4, 0.5) is 0 Å². The summed E-state index contributed by atoms with van der Waals surface area (Å²) in [6.07, 6.45) is 1.51. The minimum absolute atomic E-state index is 0.233. The number of hydrogen-bond donors (Lipinski definition) is 0. The number of benzene rings is 1. The molecule has 23 heavy (non-hydrogen) atoms. The van der Waals surface area contributed by atoms with E-state index in [1.165, 1.54) is 5.56 Å². The predicted molar refractivity (Wildman–Crippen MR) is 90.3 cm³/mol. The number of rotatable bonds is 6. The maximum absolute atomic E-state index is 12.1. The van der Waals surface area contributed by atoms with Gasteiger partial charge < -0.3 is 9.64 Å². The van der Waals surface area contributed by atoms with Gasteiger partial charge in [0.1, 0.15) is 10.0 Å². The van der Waals surface area contributed by atoms with Gasteiger partial charge >= 0.3 is 0 Å². The van der Waals surface area contributed by atoms with Crippen molar-refractivity contribution in [2.75, 3.05) is 26.8 Å². The standard InChI is InChI=1S/C17H21N3O2S/c1-12-18-19-17(23-12)15-6-4-3-5-14(15)9-13-10-16(21)20(11-13)7-8-22-2/h3-6,13H,7-11H2,1-2H3/t13-/m1/s1. The minimum Gasteiger partial charge on any atom is -0.383 e. The van der Waals surface area contributed by atoms with E-state index >= 15 is 0 Å². The molecule has 0 spiro atoms. The zero-order chi connectivity index (χ0) is 16.2. The zero-order valence-corrected chi connectivity index (χ0v) is 14.3. The van der Waals surface area contributed by atoms with E-state index in [-0.39, 0.29) is 5.91 Å². The molecular weight excluding hydrogens is 310 g/mol. The van der Waals surface area contributed by atoms with Crippen LogP contribution in [0.5, 0.6) is 0 Å². The van der Waals surface area contributed by atoms with Crippen molar-refractivity contribution in [3.63, 3.8) is 0 Å². The highest BCUT2D eigenvalue weighted by molar-refractivity contribution is 7.14. The summed E-state index contributed by atoms with van der Waals surface area (Å²) >= 11 is 1.61. The molecule has 0 aliphatic carbocycles. The molecule has 0 bridgehead atoms. The van der Waals surface area contributed by atoms with Crippen LogP contribution in [0.1, 0.15) is 17.0 Å². The summed E-state index contributed by atoms with van der Waals surface area (Å²) < 4.78 is 5.08. The van der Waals surface area contributed by atoms with Crippen LogP contribution in [0.25, 0.3) is 10.6 Å². The van der Waals surface area contributed by atoms with Gasteiger partial charge in [-0.15, -0.1) is 10.2 Å². The van der Waals surface area contributed by atoms with E-state index < -0.39 is 0 Å². The molecule has 1 aromatic heterocycles. The van der Waals surface area contributed by atoms with Crippen LogP contribution >= 0.6 is 11.3 Å². The van der Waals surface area contributed by atoms with Gasteiger partial charge in [0.05, 0.1) is 6.61 Å². The molecular formula is C17H21N3O2S. The molecule has 0 radical (unpaired) electrons. The monoisotopic (exact) mass is 331 g/mol. The molecule has 5 nitrogen and oxygen atoms in total. The lowest BCUT2D eigenvalue weighted by Crippen LogP contribution is -2.28. The molecule has 122 valence electrons. The third-order valence-electron chi connectivity index (χ3n) is 4.14. The van der Waals surface area contributed by atoms with Gasteiger partial charge in [-0.1, -0.05) is 35.6 Å².